The number of nitrogens with one attached hydrogen (secondary N) is 1. The number of aromatic nitrogens is 2. The van der Waals surface area contributed by atoms with Gasteiger partial charge in [-0.05, 0) is 31.5 Å². The third-order valence-electron chi connectivity index (χ3n) is 2.54. The molecule has 1 amide bonds. The van der Waals surface area contributed by atoms with Crippen molar-refractivity contribution in [3.05, 3.63) is 30.7 Å². The summed E-state index contributed by atoms with van der Waals surface area (Å²) >= 11 is 0. The van der Waals surface area contributed by atoms with E-state index in [1.54, 1.807) is 25.1 Å². The SMILES string of the molecule is CC(O)CCC(=O)Nc1cccc(-c2nnco2)c1. The molecule has 0 saturated heterocycles. The van der Waals surface area contributed by atoms with Crippen LogP contribution in [0.2, 0.25) is 0 Å². The average molecular weight is 261 g/mol. The molecule has 0 aliphatic heterocycles. The molecule has 1 atom stereocenters. The monoisotopic (exact) mass is 261 g/mol. The average Bonchev–Trinajstić information content (AvgIpc) is 2.90. The van der Waals surface area contributed by atoms with Gasteiger partial charge in [-0.3, -0.25) is 4.79 Å². The van der Waals surface area contributed by atoms with Gasteiger partial charge in [0, 0.05) is 17.7 Å². The maximum Gasteiger partial charge on any atom is 0.247 e. The zero-order valence-corrected chi connectivity index (χ0v) is 10.5. The van der Waals surface area contributed by atoms with Crippen LogP contribution in [0.15, 0.2) is 35.1 Å². The second kappa shape index (κ2) is 6.10. The van der Waals surface area contributed by atoms with Crippen LogP contribution >= 0.6 is 0 Å². The van der Waals surface area contributed by atoms with Crippen LogP contribution in [0.3, 0.4) is 0 Å². The van der Waals surface area contributed by atoms with Crippen molar-refractivity contribution in [1.29, 1.82) is 0 Å². The standard InChI is InChI=1S/C13H15N3O3/c1-9(17)5-6-12(18)15-11-4-2-3-10(7-11)13-16-14-8-19-13/h2-4,7-9,17H,5-6H2,1H3,(H,15,18). The lowest BCUT2D eigenvalue weighted by Crippen LogP contribution is -2.14. The Balaban J connectivity index is 2.01. The first kappa shape index (κ1) is 13.2. The number of carbonyl (C=O) groups is 1. The zero-order chi connectivity index (χ0) is 13.7. The largest absolute Gasteiger partial charge is 0.423 e. The number of benzene rings is 1. The van der Waals surface area contributed by atoms with E-state index < -0.39 is 6.10 Å². The Labute approximate surface area is 110 Å². The quantitative estimate of drug-likeness (QED) is 0.857. The fourth-order valence-corrected chi connectivity index (χ4v) is 1.59. The Morgan fingerprint density at radius 1 is 1.53 bits per heavy atom. The summed E-state index contributed by atoms with van der Waals surface area (Å²) in [5.41, 5.74) is 1.40. The minimum absolute atomic E-state index is 0.136. The molecule has 6 nitrogen and oxygen atoms in total. The van der Waals surface area contributed by atoms with E-state index in [0.717, 1.165) is 5.56 Å². The van der Waals surface area contributed by atoms with Gasteiger partial charge in [0.05, 0.1) is 6.10 Å². The number of aliphatic hydroxyl groups excluding tert-OH is 1. The lowest BCUT2D eigenvalue weighted by molar-refractivity contribution is -0.116. The molecule has 19 heavy (non-hydrogen) atoms. The van der Waals surface area contributed by atoms with E-state index in [0.29, 0.717) is 18.0 Å². The summed E-state index contributed by atoms with van der Waals surface area (Å²) in [6.45, 7) is 1.66. The highest BCUT2D eigenvalue weighted by Crippen LogP contribution is 2.20. The van der Waals surface area contributed by atoms with E-state index in [9.17, 15) is 4.79 Å². The van der Waals surface area contributed by atoms with Gasteiger partial charge >= 0.3 is 0 Å². The van der Waals surface area contributed by atoms with Crippen LogP contribution in [-0.4, -0.2) is 27.3 Å². The topological polar surface area (TPSA) is 88.2 Å². The maximum absolute atomic E-state index is 11.6. The molecule has 2 rings (SSSR count). The molecule has 2 aromatic rings. The van der Waals surface area contributed by atoms with Crippen molar-refractivity contribution in [1.82, 2.24) is 10.2 Å². The number of amides is 1. The predicted octanol–water partition coefficient (Wildman–Crippen LogP) is 1.84. The molecule has 0 aliphatic carbocycles. The molecule has 1 heterocycles. The van der Waals surface area contributed by atoms with E-state index >= 15 is 0 Å². The first-order valence-corrected chi connectivity index (χ1v) is 5.99. The number of anilines is 1. The van der Waals surface area contributed by atoms with Crippen molar-refractivity contribution in [2.24, 2.45) is 0 Å². The van der Waals surface area contributed by atoms with Gasteiger partial charge in [0.2, 0.25) is 18.2 Å². The molecule has 0 saturated carbocycles. The highest BCUT2D eigenvalue weighted by Gasteiger charge is 2.07. The lowest BCUT2D eigenvalue weighted by Gasteiger charge is -2.07. The fraction of sp³-hybridized carbons (Fsp3) is 0.308. The van der Waals surface area contributed by atoms with Crippen molar-refractivity contribution < 1.29 is 14.3 Å². The fourth-order valence-electron chi connectivity index (χ4n) is 1.59. The van der Waals surface area contributed by atoms with Crippen molar-refractivity contribution in [2.75, 3.05) is 5.32 Å². The minimum Gasteiger partial charge on any atom is -0.423 e. The van der Waals surface area contributed by atoms with Gasteiger partial charge < -0.3 is 14.8 Å². The van der Waals surface area contributed by atoms with Gasteiger partial charge in [-0.2, -0.15) is 0 Å². The Bertz CT molecular complexity index is 538. The number of nitrogens with zero attached hydrogens (tertiary/aromatic N) is 2. The molecule has 0 spiro atoms. The molecule has 0 radical (unpaired) electrons. The van der Waals surface area contributed by atoms with Crippen molar-refractivity contribution in [3.8, 4) is 11.5 Å². The van der Waals surface area contributed by atoms with E-state index in [2.05, 4.69) is 15.5 Å². The number of hydrogen-bond donors (Lipinski definition) is 2. The second-order valence-corrected chi connectivity index (χ2v) is 4.26. The van der Waals surface area contributed by atoms with Crippen LogP contribution in [0.25, 0.3) is 11.5 Å². The third kappa shape index (κ3) is 3.89. The Kier molecular flexibility index (Phi) is 4.25. The summed E-state index contributed by atoms with van der Waals surface area (Å²) < 4.78 is 5.09. The maximum atomic E-state index is 11.6. The zero-order valence-electron chi connectivity index (χ0n) is 10.5. The molecule has 1 unspecified atom stereocenters. The molecule has 0 fully saturated rings. The van der Waals surface area contributed by atoms with Crippen LogP contribution < -0.4 is 5.32 Å². The molecule has 2 N–H and O–H groups in total. The number of aliphatic hydroxyl groups is 1. The number of rotatable bonds is 5. The summed E-state index contributed by atoms with van der Waals surface area (Å²) in [6, 6.07) is 7.15. The first-order chi connectivity index (χ1) is 9.15. The summed E-state index contributed by atoms with van der Waals surface area (Å²) in [4.78, 5) is 11.6. The van der Waals surface area contributed by atoms with Crippen molar-refractivity contribution in [2.45, 2.75) is 25.9 Å². The summed E-state index contributed by atoms with van der Waals surface area (Å²) in [6.07, 6.45) is 1.50. The summed E-state index contributed by atoms with van der Waals surface area (Å²) in [7, 11) is 0. The smallest absolute Gasteiger partial charge is 0.247 e. The van der Waals surface area contributed by atoms with E-state index in [1.165, 1.54) is 6.39 Å². The molecular formula is C13H15N3O3. The number of carbonyl (C=O) groups excluding carboxylic acids is 1. The predicted molar refractivity (Wildman–Crippen MR) is 69.3 cm³/mol. The van der Waals surface area contributed by atoms with Crippen LogP contribution in [-0.2, 0) is 4.79 Å². The Hall–Kier alpha value is -2.21. The van der Waals surface area contributed by atoms with Crippen LogP contribution in [0.5, 0.6) is 0 Å². The first-order valence-electron chi connectivity index (χ1n) is 5.99. The van der Waals surface area contributed by atoms with Gasteiger partial charge in [-0.1, -0.05) is 6.07 Å². The Morgan fingerprint density at radius 2 is 2.37 bits per heavy atom. The summed E-state index contributed by atoms with van der Waals surface area (Å²) in [5, 5.41) is 19.3. The highest BCUT2D eigenvalue weighted by atomic mass is 16.4. The number of hydrogen-bond acceptors (Lipinski definition) is 5. The van der Waals surface area contributed by atoms with Crippen LogP contribution in [0.4, 0.5) is 5.69 Å². The minimum atomic E-state index is -0.476. The van der Waals surface area contributed by atoms with Crippen molar-refractivity contribution >= 4 is 11.6 Å². The van der Waals surface area contributed by atoms with E-state index in [-0.39, 0.29) is 12.3 Å². The normalized spacial score (nSPS) is 12.1. The molecule has 0 bridgehead atoms. The van der Waals surface area contributed by atoms with Gasteiger partial charge in [0.25, 0.3) is 0 Å². The molecular weight excluding hydrogens is 246 g/mol. The molecule has 100 valence electrons. The Morgan fingerprint density at radius 3 is 3.05 bits per heavy atom. The second-order valence-electron chi connectivity index (χ2n) is 4.26. The van der Waals surface area contributed by atoms with Gasteiger partial charge in [0.15, 0.2) is 0 Å². The van der Waals surface area contributed by atoms with Gasteiger partial charge in [-0.15, -0.1) is 10.2 Å². The van der Waals surface area contributed by atoms with E-state index in [1.807, 2.05) is 6.07 Å². The third-order valence-corrected chi connectivity index (χ3v) is 2.54. The van der Waals surface area contributed by atoms with Gasteiger partial charge in [0.1, 0.15) is 0 Å². The summed E-state index contributed by atoms with van der Waals surface area (Å²) in [5.74, 6) is 0.267. The highest BCUT2D eigenvalue weighted by molar-refractivity contribution is 5.91. The van der Waals surface area contributed by atoms with Crippen LogP contribution in [0, 0.1) is 0 Å². The lowest BCUT2D eigenvalue weighted by atomic mass is 10.2. The molecule has 6 heteroatoms. The van der Waals surface area contributed by atoms with Crippen molar-refractivity contribution in [3.63, 3.8) is 0 Å². The molecule has 0 aliphatic rings. The van der Waals surface area contributed by atoms with Crippen LogP contribution in [0.1, 0.15) is 19.8 Å². The van der Waals surface area contributed by atoms with Gasteiger partial charge in [-0.25, -0.2) is 0 Å². The molecule has 1 aromatic carbocycles. The van der Waals surface area contributed by atoms with E-state index in [4.69, 9.17) is 9.52 Å². The molecule has 1 aromatic heterocycles.